The third-order valence-corrected chi connectivity index (χ3v) is 5.12. The number of rotatable bonds is 5. The molecule has 1 aliphatic rings. The predicted octanol–water partition coefficient (Wildman–Crippen LogP) is 3.03. The zero-order valence-electron chi connectivity index (χ0n) is 16.3. The minimum absolute atomic E-state index is 0.170. The first-order valence-electron chi connectivity index (χ1n) is 9.62. The number of aromatic nitrogens is 3. The van der Waals surface area contributed by atoms with Crippen molar-refractivity contribution in [2.24, 2.45) is 7.05 Å². The number of hydrogen-bond acceptors (Lipinski definition) is 5. The minimum atomic E-state index is -0.170. The fourth-order valence-corrected chi connectivity index (χ4v) is 3.52. The summed E-state index contributed by atoms with van der Waals surface area (Å²) in [6.45, 7) is 4.35. The second kappa shape index (κ2) is 7.98. The van der Waals surface area contributed by atoms with Crippen molar-refractivity contribution in [2.75, 3.05) is 18.0 Å². The molecule has 1 aromatic carbocycles. The van der Waals surface area contributed by atoms with Crippen LogP contribution in [0, 0.1) is 6.92 Å². The highest BCUT2D eigenvalue weighted by molar-refractivity contribution is 6.04. The maximum absolute atomic E-state index is 13.3. The van der Waals surface area contributed by atoms with Crippen molar-refractivity contribution < 1.29 is 9.21 Å². The highest BCUT2D eigenvalue weighted by atomic mass is 16.3. The van der Waals surface area contributed by atoms with Crippen LogP contribution in [-0.2, 0) is 13.6 Å². The van der Waals surface area contributed by atoms with Crippen LogP contribution in [0.1, 0.15) is 46.3 Å². The molecule has 28 heavy (non-hydrogen) atoms. The summed E-state index contributed by atoms with van der Waals surface area (Å²) in [5, 5.41) is 7.55. The van der Waals surface area contributed by atoms with Crippen LogP contribution < -0.4 is 10.2 Å². The van der Waals surface area contributed by atoms with Crippen LogP contribution in [0.4, 0.5) is 5.69 Å². The summed E-state index contributed by atoms with van der Waals surface area (Å²) < 4.78 is 7.42. The third-order valence-electron chi connectivity index (χ3n) is 5.12. The van der Waals surface area contributed by atoms with E-state index in [4.69, 9.17) is 4.42 Å². The number of hydrogen-bond donors (Lipinski definition) is 1. The average molecular weight is 379 g/mol. The van der Waals surface area contributed by atoms with E-state index in [2.05, 4.69) is 15.4 Å². The van der Waals surface area contributed by atoms with E-state index in [9.17, 15) is 4.79 Å². The van der Waals surface area contributed by atoms with E-state index >= 15 is 0 Å². The van der Waals surface area contributed by atoms with Crippen LogP contribution in [0.25, 0.3) is 0 Å². The molecule has 1 saturated heterocycles. The third kappa shape index (κ3) is 3.99. The van der Waals surface area contributed by atoms with Gasteiger partial charge in [0.2, 0.25) is 0 Å². The van der Waals surface area contributed by atoms with E-state index in [0.717, 1.165) is 42.7 Å². The van der Waals surface area contributed by atoms with Crippen LogP contribution in [-0.4, -0.2) is 33.8 Å². The smallest absolute Gasteiger partial charge is 0.280 e. The number of piperidine rings is 1. The van der Waals surface area contributed by atoms with Crippen molar-refractivity contribution in [1.82, 2.24) is 20.1 Å². The van der Waals surface area contributed by atoms with Gasteiger partial charge in [-0.1, -0.05) is 17.7 Å². The van der Waals surface area contributed by atoms with Gasteiger partial charge < -0.3 is 14.6 Å². The normalized spacial score (nSPS) is 14.9. The molecule has 7 heteroatoms. The Balaban J connectivity index is 1.60. The standard InChI is InChI=1S/C21H25N5O2/c1-15-3-5-18(6-4-15)26(13-16-11-23-25(2)12-16)21(27)19-14-28-20(24-19)17-7-9-22-10-8-17/h3-6,11-12,14,17,22H,7-10,13H2,1-2H3. The molecule has 1 fully saturated rings. The molecule has 0 spiro atoms. The molecule has 7 nitrogen and oxygen atoms in total. The average Bonchev–Trinajstić information content (AvgIpc) is 3.36. The molecule has 3 heterocycles. The molecule has 3 aromatic rings. The Morgan fingerprint density at radius 1 is 1.29 bits per heavy atom. The minimum Gasteiger partial charge on any atom is -0.448 e. The first-order chi connectivity index (χ1) is 13.6. The lowest BCUT2D eigenvalue weighted by atomic mass is 9.98. The van der Waals surface area contributed by atoms with Gasteiger partial charge in [-0.3, -0.25) is 9.48 Å². The number of nitrogens with one attached hydrogen (secondary N) is 1. The fraction of sp³-hybridized carbons (Fsp3) is 0.381. The molecule has 146 valence electrons. The van der Waals surface area contributed by atoms with Crippen molar-refractivity contribution >= 4 is 11.6 Å². The Morgan fingerprint density at radius 2 is 2.04 bits per heavy atom. The maximum Gasteiger partial charge on any atom is 0.280 e. The van der Waals surface area contributed by atoms with Crippen LogP contribution in [0.2, 0.25) is 0 Å². The summed E-state index contributed by atoms with van der Waals surface area (Å²) in [5.41, 5.74) is 3.27. The van der Waals surface area contributed by atoms with Gasteiger partial charge in [0.1, 0.15) is 6.26 Å². The van der Waals surface area contributed by atoms with E-state index < -0.39 is 0 Å². The lowest BCUT2D eigenvalue weighted by Crippen LogP contribution is -2.31. The topological polar surface area (TPSA) is 76.2 Å². The largest absolute Gasteiger partial charge is 0.448 e. The first-order valence-corrected chi connectivity index (χ1v) is 9.62. The van der Waals surface area contributed by atoms with Gasteiger partial charge in [-0.25, -0.2) is 4.98 Å². The van der Waals surface area contributed by atoms with Gasteiger partial charge in [0.05, 0.1) is 12.7 Å². The van der Waals surface area contributed by atoms with Gasteiger partial charge in [-0.15, -0.1) is 0 Å². The Morgan fingerprint density at radius 3 is 2.71 bits per heavy atom. The maximum atomic E-state index is 13.3. The number of anilines is 1. The number of amides is 1. The second-order valence-electron chi connectivity index (χ2n) is 7.34. The van der Waals surface area contributed by atoms with Gasteiger partial charge in [0, 0.05) is 30.4 Å². The SMILES string of the molecule is Cc1ccc(N(Cc2cnn(C)c2)C(=O)c2coc(C3CCNCC3)n2)cc1. The molecule has 1 N–H and O–H groups in total. The van der Waals surface area contributed by atoms with Gasteiger partial charge >= 0.3 is 0 Å². The zero-order chi connectivity index (χ0) is 19.5. The molecule has 2 aromatic heterocycles. The van der Waals surface area contributed by atoms with Gasteiger partial charge in [0.25, 0.3) is 5.91 Å². The Bertz CT molecular complexity index is 938. The van der Waals surface area contributed by atoms with E-state index in [1.807, 2.05) is 44.4 Å². The van der Waals surface area contributed by atoms with Crippen LogP contribution in [0.3, 0.4) is 0 Å². The van der Waals surface area contributed by atoms with E-state index in [1.165, 1.54) is 6.26 Å². The molecular formula is C21H25N5O2. The highest BCUT2D eigenvalue weighted by Crippen LogP contribution is 2.26. The Hall–Kier alpha value is -2.93. The molecule has 0 bridgehead atoms. The van der Waals surface area contributed by atoms with E-state index in [1.54, 1.807) is 15.8 Å². The number of benzene rings is 1. The molecule has 4 rings (SSSR count). The molecule has 0 saturated carbocycles. The number of oxazole rings is 1. The molecule has 0 atom stereocenters. The zero-order valence-corrected chi connectivity index (χ0v) is 16.3. The summed E-state index contributed by atoms with van der Waals surface area (Å²) in [7, 11) is 1.87. The monoisotopic (exact) mass is 379 g/mol. The number of carbonyl (C=O) groups excluding carboxylic acids is 1. The Labute approximate surface area is 164 Å². The lowest BCUT2D eigenvalue weighted by Gasteiger charge is -2.21. The van der Waals surface area contributed by atoms with Crippen molar-refractivity contribution in [3.8, 4) is 0 Å². The number of nitrogens with zero attached hydrogens (tertiary/aromatic N) is 4. The summed E-state index contributed by atoms with van der Waals surface area (Å²) in [4.78, 5) is 19.6. The van der Waals surface area contributed by atoms with Crippen molar-refractivity contribution in [3.05, 3.63) is 65.6 Å². The van der Waals surface area contributed by atoms with Gasteiger partial charge in [-0.05, 0) is 45.0 Å². The van der Waals surface area contributed by atoms with Gasteiger partial charge in [0.15, 0.2) is 11.6 Å². The molecule has 0 radical (unpaired) electrons. The summed E-state index contributed by atoms with van der Waals surface area (Å²) in [6, 6.07) is 7.92. The molecule has 1 aliphatic heterocycles. The van der Waals surface area contributed by atoms with Crippen molar-refractivity contribution in [3.63, 3.8) is 0 Å². The second-order valence-corrected chi connectivity index (χ2v) is 7.34. The predicted molar refractivity (Wildman–Crippen MR) is 106 cm³/mol. The number of carbonyl (C=O) groups is 1. The summed E-state index contributed by atoms with van der Waals surface area (Å²) in [6.07, 6.45) is 7.14. The molecular weight excluding hydrogens is 354 g/mol. The van der Waals surface area contributed by atoms with E-state index in [-0.39, 0.29) is 11.8 Å². The van der Waals surface area contributed by atoms with Crippen LogP contribution in [0.5, 0.6) is 0 Å². The molecule has 0 unspecified atom stereocenters. The van der Waals surface area contributed by atoms with E-state index in [0.29, 0.717) is 18.1 Å². The van der Waals surface area contributed by atoms with Crippen molar-refractivity contribution in [1.29, 1.82) is 0 Å². The molecule has 0 aliphatic carbocycles. The fourth-order valence-electron chi connectivity index (χ4n) is 3.52. The van der Waals surface area contributed by atoms with Gasteiger partial charge in [-0.2, -0.15) is 5.10 Å². The molecule has 1 amide bonds. The number of aryl methyl sites for hydroxylation is 2. The van der Waals surface area contributed by atoms with Crippen LogP contribution in [0.15, 0.2) is 47.3 Å². The Kier molecular flexibility index (Phi) is 5.25. The summed E-state index contributed by atoms with van der Waals surface area (Å²) in [5.74, 6) is 0.765. The van der Waals surface area contributed by atoms with Crippen LogP contribution >= 0.6 is 0 Å². The summed E-state index contributed by atoms with van der Waals surface area (Å²) >= 11 is 0. The lowest BCUT2D eigenvalue weighted by molar-refractivity contribution is 0.0980. The highest BCUT2D eigenvalue weighted by Gasteiger charge is 2.25. The quantitative estimate of drug-likeness (QED) is 0.737. The van der Waals surface area contributed by atoms with Crippen molar-refractivity contribution in [2.45, 2.75) is 32.2 Å². The first kappa shape index (κ1) is 18.4.